The summed E-state index contributed by atoms with van der Waals surface area (Å²) < 4.78 is 0. The van der Waals surface area contributed by atoms with Gasteiger partial charge in [-0.25, -0.2) is 0 Å². The molecule has 0 aromatic rings. The summed E-state index contributed by atoms with van der Waals surface area (Å²) in [5, 5.41) is 3.53. The second-order valence-corrected chi connectivity index (χ2v) is 6.27. The maximum Gasteiger partial charge on any atom is 0.00641 e. The van der Waals surface area contributed by atoms with E-state index in [0.29, 0.717) is 0 Å². The molecular weight excluding hydrogens is 218 g/mol. The molecule has 1 nitrogen and oxygen atoms in total. The third-order valence-corrected chi connectivity index (χ3v) is 4.71. The lowest BCUT2D eigenvalue weighted by Crippen LogP contribution is -2.25. The molecule has 0 heterocycles. The van der Waals surface area contributed by atoms with Crippen LogP contribution >= 0.6 is 0 Å². The van der Waals surface area contributed by atoms with Gasteiger partial charge in [0.25, 0.3) is 0 Å². The van der Waals surface area contributed by atoms with Gasteiger partial charge in [0.05, 0.1) is 0 Å². The van der Waals surface area contributed by atoms with E-state index >= 15 is 0 Å². The zero-order valence-electron chi connectivity index (χ0n) is 12.8. The summed E-state index contributed by atoms with van der Waals surface area (Å²) in [5.74, 6) is 1.06. The average molecular weight is 253 g/mol. The van der Waals surface area contributed by atoms with Crippen molar-refractivity contribution in [1.82, 2.24) is 5.32 Å². The van der Waals surface area contributed by atoms with Crippen molar-refractivity contribution in [2.24, 2.45) is 5.92 Å². The largest absolute Gasteiger partial charge is 0.317 e. The van der Waals surface area contributed by atoms with E-state index in [9.17, 15) is 0 Å². The summed E-state index contributed by atoms with van der Waals surface area (Å²) in [6.07, 6.45) is 18.8. The Balaban J connectivity index is 1.95. The molecule has 0 bridgehead atoms. The summed E-state index contributed by atoms with van der Waals surface area (Å²) in [5.41, 5.74) is 0. The lowest BCUT2D eigenvalue weighted by molar-refractivity contribution is 0.394. The van der Waals surface area contributed by atoms with Gasteiger partial charge in [-0.3, -0.25) is 0 Å². The molecule has 1 aliphatic carbocycles. The summed E-state index contributed by atoms with van der Waals surface area (Å²) in [7, 11) is 2.15. The lowest BCUT2D eigenvalue weighted by Gasteiger charge is -2.18. The van der Waals surface area contributed by atoms with Crippen LogP contribution in [0.4, 0.5) is 0 Å². The van der Waals surface area contributed by atoms with E-state index < -0.39 is 0 Å². The van der Waals surface area contributed by atoms with Gasteiger partial charge in [0.15, 0.2) is 0 Å². The molecule has 0 aromatic carbocycles. The van der Waals surface area contributed by atoms with E-state index in [4.69, 9.17) is 0 Å². The number of nitrogens with one attached hydrogen (secondary N) is 1. The molecule has 0 saturated heterocycles. The maximum absolute atomic E-state index is 3.53. The first-order valence-corrected chi connectivity index (χ1v) is 8.54. The number of hydrogen-bond acceptors (Lipinski definition) is 1. The van der Waals surface area contributed by atoms with E-state index in [1.807, 2.05) is 0 Å². The molecule has 1 atom stereocenters. The Morgan fingerprint density at radius 1 is 0.944 bits per heavy atom. The normalized spacial score (nSPS) is 18.3. The predicted molar refractivity (Wildman–Crippen MR) is 82.0 cm³/mol. The monoisotopic (exact) mass is 253 g/mol. The molecule has 1 unspecified atom stereocenters. The van der Waals surface area contributed by atoms with Crippen LogP contribution in [0.1, 0.15) is 90.4 Å². The van der Waals surface area contributed by atoms with E-state index in [1.165, 1.54) is 83.5 Å². The fourth-order valence-corrected chi connectivity index (χ4v) is 3.34. The van der Waals surface area contributed by atoms with E-state index in [1.54, 1.807) is 0 Å². The van der Waals surface area contributed by atoms with Gasteiger partial charge in [-0.2, -0.15) is 0 Å². The van der Waals surface area contributed by atoms with Crippen molar-refractivity contribution in [1.29, 1.82) is 0 Å². The van der Waals surface area contributed by atoms with Gasteiger partial charge >= 0.3 is 0 Å². The standard InChI is InChI=1S/C17H35N/c1-3-4-5-6-7-8-13-17(18-2)15-14-16-11-9-10-12-16/h16-18H,3-15H2,1-2H3. The molecule has 0 spiro atoms. The number of rotatable bonds is 11. The molecule has 1 N–H and O–H groups in total. The van der Waals surface area contributed by atoms with Crippen LogP contribution in [0.25, 0.3) is 0 Å². The van der Waals surface area contributed by atoms with Crippen LogP contribution in [0, 0.1) is 5.92 Å². The van der Waals surface area contributed by atoms with Gasteiger partial charge in [-0.05, 0) is 32.2 Å². The lowest BCUT2D eigenvalue weighted by atomic mass is 9.95. The van der Waals surface area contributed by atoms with Crippen LogP contribution in [0.5, 0.6) is 0 Å². The minimum Gasteiger partial charge on any atom is -0.317 e. The van der Waals surface area contributed by atoms with Crippen molar-refractivity contribution in [3.8, 4) is 0 Å². The van der Waals surface area contributed by atoms with Crippen LogP contribution in [-0.2, 0) is 0 Å². The van der Waals surface area contributed by atoms with Crippen molar-refractivity contribution >= 4 is 0 Å². The van der Waals surface area contributed by atoms with Gasteiger partial charge in [0, 0.05) is 6.04 Å². The van der Waals surface area contributed by atoms with Crippen molar-refractivity contribution < 1.29 is 0 Å². The average Bonchev–Trinajstić information content (AvgIpc) is 2.90. The van der Waals surface area contributed by atoms with Gasteiger partial charge in [-0.1, -0.05) is 71.1 Å². The molecule has 1 rings (SSSR count). The van der Waals surface area contributed by atoms with Crippen molar-refractivity contribution in [2.45, 2.75) is 96.4 Å². The topological polar surface area (TPSA) is 12.0 Å². The summed E-state index contributed by atoms with van der Waals surface area (Å²) >= 11 is 0. The van der Waals surface area contributed by atoms with Crippen LogP contribution in [-0.4, -0.2) is 13.1 Å². The molecule has 1 fully saturated rings. The molecular formula is C17H35N. The minimum atomic E-state index is 0.789. The highest BCUT2D eigenvalue weighted by atomic mass is 14.9. The first-order chi connectivity index (χ1) is 8.86. The Hall–Kier alpha value is -0.0400. The van der Waals surface area contributed by atoms with Crippen LogP contribution < -0.4 is 5.32 Å². The van der Waals surface area contributed by atoms with Gasteiger partial charge in [0.2, 0.25) is 0 Å². The Morgan fingerprint density at radius 3 is 2.28 bits per heavy atom. The Kier molecular flexibility index (Phi) is 9.65. The Morgan fingerprint density at radius 2 is 1.61 bits per heavy atom. The molecule has 0 amide bonds. The second-order valence-electron chi connectivity index (χ2n) is 6.27. The molecule has 1 saturated carbocycles. The van der Waals surface area contributed by atoms with E-state index in [0.717, 1.165) is 12.0 Å². The van der Waals surface area contributed by atoms with Gasteiger partial charge < -0.3 is 5.32 Å². The van der Waals surface area contributed by atoms with Gasteiger partial charge in [0.1, 0.15) is 0 Å². The molecule has 0 aromatic heterocycles. The SMILES string of the molecule is CCCCCCCCC(CCC1CCCC1)NC. The zero-order valence-corrected chi connectivity index (χ0v) is 12.8. The van der Waals surface area contributed by atoms with Crippen LogP contribution in [0.15, 0.2) is 0 Å². The Bertz CT molecular complexity index is 172. The second kappa shape index (κ2) is 10.8. The predicted octanol–water partition coefficient (Wildman–Crippen LogP) is 5.30. The first-order valence-electron chi connectivity index (χ1n) is 8.54. The fourth-order valence-electron chi connectivity index (χ4n) is 3.34. The molecule has 18 heavy (non-hydrogen) atoms. The van der Waals surface area contributed by atoms with Gasteiger partial charge in [-0.15, -0.1) is 0 Å². The molecule has 108 valence electrons. The third kappa shape index (κ3) is 7.41. The highest BCUT2D eigenvalue weighted by Crippen LogP contribution is 2.29. The Labute approximate surface area is 115 Å². The fraction of sp³-hybridized carbons (Fsp3) is 1.00. The summed E-state index contributed by atoms with van der Waals surface area (Å²) in [6, 6.07) is 0.789. The summed E-state index contributed by atoms with van der Waals surface area (Å²) in [6.45, 7) is 2.29. The summed E-state index contributed by atoms with van der Waals surface area (Å²) in [4.78, 5) is 0. The highest BCUT2D eigenvalue weighted by molar-refractivity contribution is 4.72. The van der Waals surface area contributed by atoms with Crippen molar-refractivity contribution in [3.05, 3.63) is 0 Å². The highest BCUT2D eigenvalue weighted by Gasteiger charge is 2.16. The smallest absolute Gasteiger partial charge is 0.00641 e. The minimum absolute atomic E-state index is 0.789. The zero-order chi connectivity index (χ0) is 13.1. The molecule has 0 radical (unpaired) electrons. The van der Waals surface area contributed by atoms with Crippen LogP contribution in [0.2, 0.25) is 0 Å². The van der Waals surface area contributed by atoms with E-state index in [-0.39, 0.29) is 0 Å². The van der Waals surface area contributed by atoms with E-state index in [2.05, 4.69) is 19.3 Å². The van der Waals surface area contributed by atoms with Crippen LogP contribution in [0.3, 0.4) is 0 Å². The molecule has 1 aliphatic rings. The van der Waals surface area contributed by atoms with Crippen molar-refractivity contribution in [3.63, 3.8) is 0 Å². The third-order valence-electron chi connectivity index (χ3n) is 4.71. The molecule has 0 aliphatic heterocycles. The number of unbranched alkanes of at least 4 members (excludes halogenated alkanes) is 5. The molecule has 1 heteroatoms. The first kappa shape index (κ1) is 16.0. The maximum atomic E-state index is 3.53. The number of hydrogen-bond donors (Lipinski definition) is 1. The van der Waals surface area contributed by atoms with Crippen molar-refractivity contribution in [2.75, 3.05) is 7.05 Å². The quantitative estimate of drug-likeness (QED) is 0.493.